The molecular weight excluding hydrogens is 454 g/mol. The van der Waals surface area contributed by atoms with E-state index in [4.69, 9.17) is 0 Å². The number of sulfonamides is 1. The van der Waals surface area contributed by atoms with Gasteiger partial charge in [0.1, 0.15) is 0 Å². The summed E-state index contributed by atoms with van der Waals surface area (Å²) in [6.45, 7) is -0.337. The van der Waals surface area contributed by atoms with E-state index in [1.807, 2.05) is 0 Å². The van der Waals surface area contributed by atoms with Crippen LogP contribution in [-0.2, 0) is 19.6 Å². The summed E-state index contributed by atoms with van der Waals surface area (Å²) in [5.41, 5.74) is 1.11. The van der Waals surface area contributed by atoms with Gasteiger partial charge in [-0.2, -0.15) is 4.31 Å². The van der Waals surface area contributed by atoms with Gasteiger partial charge in [0.2, 0.25) is 21.8 Å². The quantitative estimate of drug-likeness (QED) is 0.701. The molecule has 0 atom stereocenters. The monoisotopic (exact) mass is 469 g/mol. The van der Waals surface area contributed by atoms with E-state index in [9.17, 15) is 18.0 Å². The minimum absolute atomic E-state index is 0.101. The highest BCUT2D eigenvalue weighted by Gasteiger charge is 2.23. The van der Waals surface area contributed by atoms with Crippen molar-refractivity contribution in [3.05, 3.63) is 46.9 Å². The summed E-state index contributed by atoms with van der Waals surface area (Å²) in [5.74, 6) is -0.221. The topological polar surface area (TPSA) is 95.6 Å². The average Bonchev–Trinajstić information content (AvgIpc) is 2.61. The Morgan fingerprint density at radius 1 is 1.26 bits per heavy atom. The molecule has 27 heavy (non-hydrogen) atoms. The first-order valence-electron chi connectivity index (χ1n) is 7.84. The molecule has 1 heterocycles. The van der Waals surface area contributed by atoms with Gasteiger partial charge >= 0.3 is 0 Å². The predicted octanol–water partition coefficient (Wildman–Crippen LogP) is 2.75. The van der Waals surface area contributed by atoms with Crippen LogP contribution >= 0.6 is 27.7 Å². The molecule has 3 rings (SSSR count). The molecule has 142 valence electrons. The second kappa shape index (κ2) is 8.01. The summed E-state index contributed by atoms with van der Waals surface area (Å²) >= 11 is 4.68. The predicted molar refractivity (Wildman–Crippen MR) is 108 cm³/mol. The molecule has 0 aliphatic carbocycles. The Morgan fingerprint density at radius 3 is 2.67 bits per heavy atom. The zero-order chi connectivity index (χ0) is 19.6. The summed E-state index contributed by atoms with van der Waals surface area (Å²) in [4.78, 5) is 24.8. The van der Waals surface area contributed by atoms with Gasteiger partial charge in [-0.3, -0.25) is 9.59 Å². The molecule has 0 aromatic heterocycles. The molecule has 0 saturated carbocycles. The molecule has 0 fully saturated rings. The highest BCUT2D eigenvalue weighted by Crippen LogP contribution is 2.33. The molecule has 0 unspecified atom stereocenters. The molecule has 0 spiro atoms. The van der Waals surface area contributed by atoms with Gasteiger partial charge < -0.3 is 10.6 Å². The third kappa shape index (κ3) is 4.70. The third-order valence-electron chi connectivity index (χ3n) is 3.78. The number of carbonyl (C=O) groups is 2. The van der Waals surface area contributed by atoms with E-state index in [0.29, 0.717) is 17.1 Å². The van der Waals surface area contributed by atoms with Gasteiger partial charge in [0.15, 0.2) is 0 Å². The number of hydrogen-bond donors (Lipinski definition) is 2. The molecule has 7 nitrogen and oxygen atoms in total. The average molecular weight is 470 g/mol. The fraction of sp³-hybridized carbons (Fsp3) is 0.176. The van der Waals surface area contributed by atoms with Gasteiger partial charge in [-0.05, 0) is 42.5 Å². The number of likely N-dealkylation sites (N-methyl/N-ethyl adjacent to an activating group) is 1. The first kappa shape index (κ1) is 19.9. The van der Waals surface area contributed by atoms with Gasteiger partial charge in [0.05, 0.1) is 22.9 Å². The van der Waals surface area contributed by atoms with Crippen LogP contribution in [0.1, 0.15) is 0 Å². The summed E-state index contributed by atoms with van der Waals surface area (Å²) in [6.07, 6.45) is 0. The summed E-state index contributed by atoms with van der Waals surface area (Å²) in [6, 6.07) is 11.4. The third-order valence-corrected chi connectivity index (χ3v) is 7.20. The lowest BCUT2D eigenvalue weighted by molar-refractivity contribution is -0.116. The molecule has 2 amide bonds. The number of halogens is 1. The molecular formula is C17H16BrN3O4S2. The van der Waals surface area contributed by atoms with E-state index in [1.165, 1.54) is 30.9 Å². The molecule has 2 aromatic rings. The molecule has 0 saturated heterocycles. The number of nitrogens with one attached hydrogen (secondary N) is 2. The van der Waals surface area contributed by atoms with Crippen LogP contribution < -0.4 is 10.6 Å². The van der Waals surface area contributed by atoms with Gasteiger partial charge in [-0.15, -0.1) is 11.8 Å². The Morgan fingerprint density at radius 2 is 1.96 bits per heavy atom. The van der Waals surface area contributed by atoms with Crippen molar-refractivity contribution in [2.45, 2.75) is 9.79 Å². The van der Waals surface area contributed by atoms with Gasteiger partial charge in [0.25, 0.3) is 0 Å². The van der Waals surface area contributed by atoms with Crippen LogP contribution in [0, 0.1) is 0 Å². The standard InChI is InChI=1S/C17H16BrN3O4S2/c1-21(27(24,25)13-5-2-11(18)3-6-13)9-16(22)19-12-4-7-15-14(8-12)20-17(23)10-26-15/h2-8H,9-10H2,1H3,(H,19,22)(H,20,23). The van der Waals surface area contributed by atoms with Crippen molar-refractivity contribution in [1.82, 2.24) is 4.31 Å². The number of nitrogens with zero attached hydrogens (tertiary/aromatic N) is 1. The van der Waals surface area contributed by atoms with E-state index in [0.717, 1.165) is 13.7 Å². The first-order valence-corrected chi connectivity index (χ1v) is 11.1. The fourth-order valence-corrected chi connectivity index (χ4v) is 4.62. The molecule has 2 N–H and O–H groups in total. The van der Waals surface area contributed by atoms with E-state index in [2.05, 4.69) is 26.6 Å². The maximum Gasteiger partial charge on any atom is 0.243 e. The van der Waals surface area contributed by atoms with E-state index < -0.39 is 15.9 Å². The molecule has 0 radical (unpaired) electrons. The van der Waals surface area contributed by atoms with Crippen molar-refractivity contribution in [1.29, 1.82) is 0 Å². The lowest BCUT2D eigenvalue weighted by Crippen LogP contribution is -2.35. The summed E-state index contributed by atoms with van der Waals surface area (Å²) in [5, 5.41) is 5.40. The number of benzene rings is 2. The Hall–Kier alpha value is -1.88. The highest BCUT2D eigenvalue weighted by molar-refractivity contribution is 9.10. The Bertz CT molecular complexity index is 994. The van der Waals surface area contributed by atoms with Crippen molar-refractivity contribution in [3.63, 3.8) is 0 Å². The van der Waals surface area contributed by atoms with Crippen LogP contribution in [0.15, 0.2) is 56.7 Å². The number of fused-ring (bicyclic) bond motifs is 1. The smallest absolute Gasteiger partial charge is 0.243 e. The van der Waals surface area contributed by atoms with Crippen LogP contribution in [-0.4, -0.2) is 43.9 Å². The Balaban J connectivity index is 1.67. The lowest BCUT2D eigenvalue weighted by atomic mass is 10.2. The number of rotatable bonds is 5. The van der Waals surface area contributed by atoms with Crippen LogP contribution in [0.5, 0.6) is 0 Å². The molecule has 0 bridgehead atoms. The number of hydrogen-bond acceptors (Lipinski definition) is 5. The second-order valence-corrected chi connectivity index (χ2v) is 9.79. The largest absolute Gasteiger partial charge is 0.325 e. The van der Waals surface area contributed by atoms with Crippen molar-refractivity contribution in [2.75, 3.05) is 30.0 Å². The van der Waals surface area contributed by atoms with E-state index in [1.54, 1.807) is 30.3 Å². The van der Waals surface area contributed by atoms with Crippen LogP contribution in [0.4, 0.5) is 11.4 Å². The molecule has 2 aromatic carbocycles. The van der Waals surface area contributed by atoms with Crippen molar-refractivity contribution in [3.8, 4) is 0 Å². The molecule has 1 aliphatic heterocycles. The minimum Gasteiger partial charge on any atom is -0.325 e. The van der Waals surface area contributed by atoms with Crippen LogP contribution in [0.25, 0.3) is 0 Å². The minimum atomic E-state index is -3.77. The van der Waals surface area contributed by atoms with E-state index in [-0.39, 0.29) is 17.3 Å². The Kier molecular flexibility index (Phi) is 5.89. The summed E-state index contributed by atoms with van der Waals surface area (Å²) < 4.78 is 26.8. The van der Waals surface area contributed by atoms with Crippen molar-refractivity contribution in [2.24, 2.45) is 0 Å². The maximum absolute atomic E-state index is 12.5. The number of amides is 2. The highest BCUT2D eigenvalue weighted by atomic mass is 79.9. The Labute approximate surface area is 169 Å². The normalized spacial score (nSPS) is 13.8. The first-order chi connectivity index (χ1) is 12.8. The zero-order valence-electron chi connectivity index (χ0n) is 14.2. The number of carbonyl (C=O) groups excluding carboxylic acids is 2. The fourth-order valence-electron chi connectivity index (χ4n) is 2.44. The van der Waals surface area contributed by atoms with Gasteiger partial charge in [-0.25, -0.2) is 8.42 Å². The van der Waals surface area contributed by atoms with Crippen molar-refractivity contribution >= 4 is 60.9 Å². The summed E-state index contributed by atoms with van der Waals surface area (Å²) in [7, 11) is -2.43. The van der Waals surface area contributed by atoms with Crippen molar-refractivity contribution < 1.29 is 18.0 Å². The van der Waals surface area contributed by atoms with Gasteiger partial charge in [-0.1, -0.05) is 15.9 Å². The van der Waals surface area contributed by atoms with Gasteiger partial charge in [0, 0.05) is 22.1 Å². The van der Waals surface area contributed by atoms with E-state index >= 15 is 0 Å². The lowest BCUT2D eigenvalue weighted by Gasteiger charge is -2.19. The SMILES string of the molecule is CN(CC(=O)Nc1ccc2c(c1)NC(=O)CS2)S(=O)(=O)c1ccc(Br)cc1. The second-order valence-electron chi connectivity index (χ2n) is 5.81. The molecule has 10 heteroatoms. The maximum atomic E-state index is 12.5. The molecule has 1 aliphatic rings. The zero-order valence-corrected chi connectivity index (χ0v) is 17.4. The van der Waals surface area contributed by atoms with Crippen LogP contribution in [0.2, 0.25) is 0 Å². The number of anilines is 2. The van der Waals surface area contributed by atoms with Crippen LogP contribution in [0.3, 0.4) is 0 Å². The number of thioether (sulfide) groups is 1.